The normalized spacial score (nSPS) is 29.7. The zero-order chi connectivity index (χ0) is 10.8. The maximum Gasteiger partial charge on any atom is 0.312 e. The molecule has 1 N–H and O–H groups in total. The van der Waals surface area contributed by atoms with Gasteiger partial charge in [-0.1, -0.05) is 6.92 Å². The number of hydrogen-bond acceptors (Lipinski definition) is 3. The lowest BCUT2D eigenvalue weighted by atomic mass is 9.96. The minimum atomic E-state index is -0.807. The predicted molar refractivity (Wildman–Crippen MR) is 49.7 cm³/mol. The average Bonchev–Trinajstić information content (AvgIpc) is 2.76. The van der Waals surface area contributed by atoms with Crippen LogP contribution in [0.5, 0.6) is 0 Å². The first-order chi connectivity index (χ1) is 6.53. The van der Waals surface area contributed by atoms with E-state index in [0.29, 0.717) is 18.8 Å². The first-order valence-corrected chi connectivity index (χ1v) is 4.83. The summed E-state index contributed by atoms with van der Waals surface area (Å²) in [7, 11) is 1.38. The lowest BCUT2D eigenvalue weighted by molar-refractivity contribution is -0.148. The Morgan fingerprint density at radius 3 is 2.50 bits per heavy atom. The summed E-state index contributed by atoms with van der Waals surface area (Å²) >= 11 is 0. The molecule has 14 heavy (non-hydrogen) atoms. The largest absolute Gasteiger partial charge is 0.481 e. The second kappa shape index (κ2) is 3.98. The Morgan fingerprint density at radius 2 is 2.14 bits per heavy atom. The lowest BCUT2D eigenvalue weighted by Gasteiger charge is -2.12. The van der Waals surface area contributed by atoms with Gasteiger partial charge < -0.3 is 9.84 Å². The van der Waals surface area contributed by atoms with Crippen molar-refractivity contribution in [1.82, 2.24) is 0 Å². The van der Waals surface area contributed by atoms with E-state index in [2.05, 4.69) is 0 Å². The van der Waals surface area contributed by atoms with E-state index in [1.165, 1.54) is 7.11 Å². The molecule has 1 aliphatic rings. The highest BCUT2D eigenvalue weighted by Gasteiger charge is 2.57. The van der Waals surface area contributed by atoms with Crippen LogP contribution in [-0.4, -0.2) is 24.2 Å². The zero-order valence-corrected chi connectivity index (χ0v) is 8.58. The minimum absolute atomic E-state index is 0.130. The molecule has 2 atom stereocenters. The fraction of sp³-hybridized carbons (Fsp3) is 0.800. The summed E-state index contributed by atoms with van der Waals surface area (Å²) < 4.78 is 4.72. The number of carbonyl (C=O) groups excluding carboxylic acids is 1. The second-order valence-electron chi connectivity index (χ2n) is 4.00. The molecule has 0 aromatic rings. The molecule has 1 saturated carbocycles. The highest BCUT2D eigenvalue weighted by atomic mass is 16.5. The van der Waals surface area contributed by atoms with Gasteiger partial charge in [0, 0.05) is 6.42 Å². The van der Waals surface area contributed by atoms with Crippen LogP contribution in [-0.2, 0) is 14.3 Å². The monoisotopic (exact) mass is 200 g/mol. The Bertz CT molecular complexity index is 249. The molecule has 0 aliphatic heterocycles. The molecule has 1 rings (SSSR count). The number of esters is 1. The lowest BCUT2D eigenvalue weighted by Crippen LogP contribution is -2.19. The van der Waals surface area contributed by atoms with Gasteiger partial charge in [-0.2, -0.15) is 0 Å². The molecular formula is C10H16O4. The number of carboxylic acids is 1. The molecule has 4 heteroatoms. The Labute approximate surface area is 83.2 Å². The van der Waals surface area contributed by atoms with E-state index in [0.717, 1.165) is 6.42 Å². The topological polar surface area (TPSA) is 63.6 Å². The van der Waals surface area contributed by atoms with E-state index in [1.54, 1.807) is 0 Å². The summed E-state index contributed by atoms with van der Waals surface area (Å²) in [5.74, 6) is -0.655. The van der Waals surface area contributed by atoms with Crippen LogP contribution in [0.1, 0.15) is 32.6 Å². The quantitative estimate of drug-likeness (QED) is 0.682. The molecule has 80 valence electrons. The van der Waals surface area contributed by atoms with E-state index in [1.807, 2.05) is 6.92 Å². The third-order valence-electron chi connectivity index (χ3n) is 3.06. The van der Waals surface area contributed by atoms with Crippen LogP contribution in [0.2, 0.25) is 0 Å². The van der Waals surface area contributed by atoms with Crippen molar-refractivity contribution in [2.45, 2.75) is 32.6 Å². The Hall–Kier alpha value is -1.06. The van der Waals surface area contributed by atoms with Gasteiger partial charge in [-0.15, -0.1) is 0 Å². The third-order valence-corrected chi connectivity index (χ3v) is 3.06. The molecule has 0 aromatic heterocycles. The molecule has 0 aromatic carbocycles. The van der Waals surface area contributed by atoms with E-state index in [9.17, 15) is 9.59 Å². The van der Waals surface area contributed by atoms with Crippen molar-refractivity contribution in [2.75, 3.05) is 7.11 Å². The van der Waals surface area contributed by atoms with Gasteiger partial charge >= 0.3 is 11.9 Å². The summed E-state index contributed by atoms with van der Waals surface area (Å²) in [6, 6.07) is 0. The number of methoxy groups -OCH3 is 1. The van der Waals surface area contributed by atoms with Crippen LogP contribution >= 0.6 is 0 Å². The van der Waals surface area contributed by atoms with Crippen molar-refractivity contribution in [3.63, 3.8) is 0 Å². The Morgan fingerprint density at radius 1 is 1.57 bits per heavy atom. The molecule has 1 aliphatic carbocycles. The summed E-state index contributed by atoms with van der Waals surface area (Å²) in [6.07, 6.45) is 2.15. The smallest absolute Gasteiger partial charge is 0.312 e. The number of aliphatic carboxylic acids is 1. The summed E-state index contributed by atoms with van der Waals surface area (Å²) in [5, 5.41) is 8.48. The first-order valence-electron chi connectivity index (χ1n) is 4.83. The van der Waals surface area contributed by atoms with Crippen molar-refractivity contribution >= 4 is 11.9 Å². The predicted octanol–water partition coefficient (Wildman–Crippen LogP) is 1.44. The van der Waals surface area contributed by atoms with E-state index in [4.69, 9.17) is 9.84 Å². The molecular weight excluding hydrogens is 184 g/mol. The average molecular weight is 200 g/mol. The van der Waals surface area contributed by atoms with Crippen LogP contribution < -0.4 is 0 Å². The SMILES string of the molecule is COC(=O)C1(CCCC(=O)O)CC1C. The number of hydrogen-bond donors (Lipinski definition) is 1. The summed E-state index contributed by atoms with van der Waals surface area (Å²) in [6.45, 7) is 2.00. The van der Waals surface area contributed by atoms with Gasteiger partial charge in [-0.05, 0) is 25.2 Å². The van der Waals surface area contributed by atoms with Crippen molar-refractivity contribution in [1.29, 1.82) is 0 Å². The van der Waals surface area contributed by atoms with Crippen molar-refractivity contribution in [3.05, 3.63) is 0 Å². The molecule has 2 unspecified atom stereocenters. The van der Waals surface area contributed by atoms with Gasteiger partial charge in [-0.25, -0.2) is 0 Å². The van der Waals surface area contributed by atoms with Crippen LogP contribution in [0.4, 0.5) is 0 Å². The third kappa shape index (κ3) is 2.05. The standard InChI is InChI=1S/C10H16O4/c1-7-6-10(7,9(13)14-2)5-3-4-8(11)12/h7H,3-6H2,1-2H3,(H,11,12). The van der Waals surface area contributed by atoms with Crippen LogP contribution in [0.15, 0.2) is 0 Å². The molecule has 4 nitrogen and oxygen atoms in total. The Balaban J connectivity index is 2.40. The van der Waals surface area contributed by atoms with E-state index >= 15 is 0 Å². The number of carboxylic acid groups (broad SMARTS) is 1. The number of rotatable bonds is 5. The van der Waals surface area contributed by atoms with Gasteiger partial charge in [0.15, 0.2) is 0 Å². The molecule has 0 radical (unpaired) electrons. The number of ether oxygens (including phenoxy) is 1. The zero-order valence-electron chi connectivity index (χ0n) is 8.58. The van der Waals surface area contributed by atoms with Crippen LogP contribution in [0.3, 0.4) is 0 Å². The van der Waals surface area contributed by atoms with Crippen molar-refractivity contribution in [2.24, 2.45) is 11.3 Å². The summed E-state index contributed by atoms with van der Waals surface area (Å²) in [5.41, 5.74) is -0.371. The van der Waals surface area contributed by atoms with E-state index < -0.39 is 5.97 Å². The molecule has 0 amide bonds. The van der Waals surface area contributed by atoms with Crippen molar-refractivity contribution < 1.29 is 19.4 Å². The second-order valence-corrected chi connectivity index (χ2v) is 4.00. The van der Waals surface area contributed by atoms with Gasteiger partial charge in [0.05, 0.1) is 12.5 Å². The van der Waals surface area contributed by atoms with Crippen LogP contribution in [0, 0.1) is 11.3 Å². The maximum absolute atomic E-state index is 11.4. The van der Waals surface area contributed by atoms with Gasteiger partial charge in [0.1, 0.15) is 0 Å². The van der Waals surface area contributed by atoms with Crippen molar-refractivity contribution in [3.8, 4) is 0 Å². The Kier molecular flexibility index (Phi) is 3.13. The highest BCUT2D eigenvalue weighted by Crippen LogP contribution is 2.56. The molecule has 0 bridgehead atoms. The fourth-order valence-corrected chi connectivity index (χ4v) is 1.98. The van der Waals surface area contributed by atoms with Gasteiger partial charge in [0.25, 0.3) is 0 Å². The maximum atomic E-state index is 11.4. The van der Waals surface area contributed by atoms with E-state index in [-0.39, 0.29) is 17.8 Å². The number of carbonyl (C=O) groups is 2. The first kappa shape index (κ1) is 11.0. The molecule has 0 heterocycles. The molecule has 0 spiro atoms. The summed E-state index contributed by atoms with van der Waals surface area (Å²) in [4.78, 5) is 21.7. The molecule has 0 saturated heterocycles. The fourth-order valence-electron chi connectivity index (χ4n) is 1.98. The van der Waals surface area contributed by atoms with Gasteiger partial charge in [0.2, 0.25) is 0 Å². The van der Waals surface area contributed by atoms with Crippen LogP contribution in [0.25, 0.3) is 0 Å². The molecule has 1 fully saturated rings. The minimum Gasteiger partial charge on any atom is -0.481 e. The highest BCUT2D eigenvalue weighted by molar-refractivity contribution is 5.80. The van der Waals surface area contributed by atoms with Gasteiger partial charge in [-0.3, -0.25) is 9.59 Å².